The number of fused-ring (bicyclic) bond motifs is 1. The first kappa shape index (κ1) is 12.9. The van der Waals surface area contributed by atoms with Gasteiger partial charge in [-0.15, -0.1) is 0 Å². The molecule has 1 aliphatic carbocycles. The molecule has 0 spiro atoms. The van der Waals surface area contributed by atoms with E-state index in [1.165, 1.54) is 11.6 Å². The van der Waals surface area contributed by atoms with Gasteiger partial charge in [-0.3, -0.25) is 4.79 Å². The summed E-state index contributed by atoms with van der Waals surface area (Å²) in [5.41, 5.74) is 2.19. The van der Waals surface area contributed by atoms with E-state index in [4.69, 9.17) is 0 Å². The molecule has 1 saturated heterocycles. The number of benzene rings is 1. The average Bonchev–Trinajstić information content (AvgIpc) is 3.27. The summed E-state index contributed by atoms with van der Waals surface area (Å²) in [6.45, 7) is 1.67. The molecule has 21 heavy (non-hydrogen) atoms. The molecule has 1 amide bonds. The summed E-state index contributed by atoms with van der Waals surface area (Å²) in [4.78, 5) is 17.3. The second kappa shape index (κ2) is 4.86. The van der Waals surface area contributed by atoms with Crippen LogP contribution in [-0.4, -0.2) is 28.9 Å². The van der Waals surface area contributed by atoms with Gasteiger partial charge in [0, 0.05) is 36.1 Å². The van der Waals surface area contributed by atoms with Crippen LogP contribution in [0.3, 0.4) is 0 Å². The van der Waals surface area contributed by atoms with Crippen molar-refractivity contribution in [3.05, 3.63) is 35.8 Å². The number of halogens is 1. The van der Waals surface area contributed by atoms with Gasteiger partial charge in [-0.1, -0.05) is 0 Å². The predicted molar refractivity (Wildman–Crippen MR) is 79.5 cm³/mol. The molecule has 4 rings (SSSR count). The molecular formula is C17H19FN2O. The third kappa shape index (κ3) is 2.33. The number of amides is 1. The molecule has 2 aromatic rings. The van der Waals surface area contributed by atoms with E-state index in [0.717, 1.165) is 49.7 Å². The number of nitrogens with one attached hydrogen (secondary N) is 1. The molecule has 0 bridgehead atoms. The molecule has 0 unspecified atom stereocenters. The number of hydrogen-bond donors (Lipinski definition) is 1. The summed E-state index contributed by atoms with van der Waals surface area (Å²) in [5, 5.41) is 0.988. The fourth-order valence-corrected chi connectivity index (χ4v) is 3.45. The largest absolute Gasteiger partial charge is 0.361 e. The van der Waals surface area contributed by atoms with E-state index in [1.54, 1.807) is 12.1 Å². The third-order valence-electron chi connectivity index (χ3n) is 4.85. The first-order valence-corrected chi connectivity index (χ1v) is 7.77. The number of likely N-dealkylation sites (tertiary alicyclic amines) is 1. The van der Waals surface area contributed by atoms with Gasteiger partial charge in [0.05, 0.1) is 0 Å². The molecule has 2 heterocycles. The minimum atomic E-state index is -0.190. The van der Waals surface area contributed by atoms with Crippen molar-refractivity contribution in [2.24, 2.45) is 5.92 Å². The van der Waals surface area contributed by atoms with Gasteiger partial charge in [-0.25, -0.2) is 4.39 Å². The normalized spacial score (nSPS) is 20.1. The number of hydrogen-bond acceptors (Lipinski definition) is 1. The van der Waals surface area contributed by atoms with E-state index >= 15 is 0 Å². The summed E-state index contributed by atoms with van der Waals surface area (Å²) >= 11 is 0. The zero-order chi connectivity index (χ0) is 14.4. The van der Waals surface area contributed by atoms with Gasteiger partial charge in [0.25, 0.3) is 0 Å². The summed E-state index contributed by atoms with van der Waals surface area (Å²) in [7, 11) is 0. The molecule has 1 aromatic carbocycles. The van der Waals surface area contributed by atoms with Crippen molar-refractivity contribution in [1.29, 1.82) is 0 Å². The van der Waals surface area contributed by atoms with Crippen LogP contribution in [0.15, 0.2) is 24.4 Å². The van der Waals surface area contributed by atoms with Gasteiger partial charge in [-0.05, 0) is 55.4 Å². The highest BCUT2D eigenvalue weighted by Crippen LogP contribution is 2.36. The molecule has 3 nitrogen and oxygen atoms in total. The third-order valence-corrected chi connectivity index (χ3v) is 4.85. The second-order valence-electron chi connectivity index (χ2n) is 6.31. The number of carbonyl (C=O) groups excluding carboxylic acids is 1. The Morgan fingerprint density at radius 1 is 1.19 bits per heavy atom. The van der Waals surface area contributed by atoms with E-state index in [9.17, 15) is 9.18 Å². The molecule has 1 saturated carbocycles. The maximum atomic E-state index is 13.5. The summed E-state index contributed by atoms with van der Waals surface area (Å²) in [6.07, 6.45) is 6.10. The maximum Gasteiger partial charge on any atom is 0.225 e. The van der Waals surface area contributed by atoms with E-state index in [-0.39, 0.29) is 5.82 Å². The Morgan fingerprint density at radius 3 is 2.67 bits per heavy atom. The van der Waals surface area contributed by atoms with Crippen molar-refractivity contribution in [2.45, 2.75) is 31.6 Å². The van der Waals surface area contributed by atoms with Crippen LogP contribution in [0, 0.1) is 11.7 Å². The number of piperidine rings is 1. The quantitative estimate of drug-likeness (QED) is 0.902. The Bertz CT molecular complexity index is 681. The number of aromatic nitrogens is 1. The molecule has 110 valence electrons. The van der Waals surface area contributed by atoms with Gasteiger partial charge in [-0.2, -0.15) is 0 Å². The van der Waals surface area contributed by atoms with Gasteiger partial charge in [0.1, 0.15) is 5.82 Å². The number of carbonyl (C=O) groups is 1. The standard InChI is InChI=1S/C17H19FN2O/c18-13-3-4-16-14(9-13)15(10-19-16)11-5-7-20(8-6-11)17(21)12-1-2-12/h3-4,9-12,19H,1-2,5-8H2. The van der Waals surface area contributed by atoms with Crippen molar-refractivity contribution in [2.75, 3.05) is 13.1 Å². The number of aromatic amines is 1. The summed E-state index contributed by atoms with van der Waals surface area (Å²) in [5.74, 6) is 0.885. The van der Waals surface area contributed by atoms with E-state index in [0.29, 0.717) is 17.7 Å². The molecule has 2 fully saturated rings. The predicted octanol–water partition coefficient (Wildman–Crippen LogP) is 3.42. The minimum absolute atomic E-state index is 0.190. The van der Waals surface area contributed by atoms with Crippen LogP contribution in [-0.2, 0) is 4.79 Å². The van der Waals surface area contributed by atoms with Crippen LogP contribution < -0.4 is 0 Å². The minimum Gasteiger partial charge on any atom is -0.361 e. The highest BCUT2D eigenvalue weighted by atomic mass is 19.1. The summed E-state index contributed by atoms with van der Waals surface area (Å²) in [6, 6.07) is 4.89. The first-order chi connectivity index (χ1) is 10.2. The fraction of sp³-hybridized carbons (Fsp3) is 0.471. The second-order valence-corrected chi connectivity index (χ2v) is 6.31. The number of rotatable bonds is 2. The van der Waals surface area contributed by atoms with Crippen LogP contribution in [0.25, 0.3) is 10.9 Å². The number of nitrogens with zero attached hydrogens (tertiary/aromatic N) is 1. The lowest BCUT2D eigenvalue weighted by atomic mass is 9.89. The van der Waals surface area contributed by atoms with E-state index in [1.807, 2.05) is 11.1 Å². The van der Waals surface area contributed by atoms with Crippen molar-refractivity contribution in [3.63, 3.8) is 0 Å². The molecule has 0 atom stereocenters. The molecule has 2 aliphatic rings. The molecule has 1 aliphatic heterocycles. The lowest BCUT2D eigenvalue weighted by molar-refractivity contribution is -0.133. The van der Waals surface area contributed by atoms with Crippen LogP contribution in [0.5, 0.6) is 0 Å². The molecule has 0 radical (unpaired) electrons. The number of H-pyrrole nitrogens is 1. The van der Waals surface area contributed by atoms with Crippen molar-refractivity contribution in [3.8, 4) is 0 Å². The Balaban J connectivity index is 1.52. The topological polar surface area (TPSA) is 36.1 Å². The fourth-order valence-electron chi connectivity index (χ4n) is 3.45. The molecule has 1 aromatic heterocycles. The van der Waals surface area contributed by atoms with Crippen molar-refractivity contribution < 1.29 is 9.18 Å². The Morgan fingerprint density at radius 2 is 1.95 bits per heavy atom. The summed E-state index contributed by atoms with van der Waals surface area (Å²) < 4.78 is 13.5. The lowest BCUT2D eigenvalue weighted by Gasteiger charge is -2.32. The van der Waals surface area contributed by atoms with Gasteiger partial charge in [0.15, 0.2) is 0 Å². The highest BCUT2D eigenvalue weighted by molar-refractivity contribution is 5.84. The van der Waals surface area contributed by atoms with Crippen LogP contribution in [0.1, 0.15) is 37.2 Å². The Labute approximate surface area is 123 Å². The van der Waals surface area contributed by atoms with E-state index in [2.05, 4.69) is 4.98 Å². The monoisotopic (exact) mass is 286 g/mol. The molecule has 4 heteroatoms. The zero-order valence-electron chi connectivity index (χ0n) is 11.9. The van der Waals surface area contributed by atoms with Crippen LogP contribution in [0.4, 0.5) is 4.39 Å². The Kier molecular flexibility index (Phi) is 2.98. The zero-order valence-corrected chi connectivity index (χ0v) is 11.9. The Hall–Kier alpha value is -1.84. The molecular weight excluding hydrogens is 267 g/mol. The molecule has 1 N–H and O–H groups in total. The lowest BCUT2D eigenvalue weighted by Crippen LogP contribution is -2.38. The van der Waals surface area contributed by atoms with Gasteiger partial charge in [0.2, 0.25) is 5.91 Å². The van der Waals surface area contributed by atoms with Crippen LogP contribution in [0.2, 0.25) is 0 Å². The maximum absolute atomic E-state index is 13.5. The SMILES string of the molecule is O=C(C1CC1)N1CCC(c2c[nH]c3ccc(F)cc23)CC1. The van der Waals surface area contributed by atoms with Gasteiger partial charge < -0.3 is 9.88 Å². The van der Waals surface area contributed by atoms with Crippen molar-refractivity contribution in [1.82, 2.24) is 9.88 Å². The first-order valence-electron chi connectivity index (χ1n) is 7.77. The smallest absolute Gasteiger partial charge is 0.225 e. The van der Waals surface area contributed by atoms with Gasteiger partial charge >= 0.3 is 0 Å². The van der Waals surface area contributed by atoms with Crippen molar-refractivity contribution >= 4 is 16.8 Å². The van der Waals surface area contributed by atoms with E-state index < -0.39 is 0 Å². The average molecular weight is 286 g/mol. The van der Waals surface area contributed by atoms with Crippen LogP contribution >= 0.6 is 0 Å². The highest BCUT2D eigenvalue weighted by Gasteiger charge is 2.35.